The van der Waals surface area contributed by atoms with Gasteiger partial charge in [-0.1, -0.05) is 38.0 Å². The maximum atomic E-state index is 11.7. The molecule has 1 aromatic rings. The zero-order valence-corrected chi connectivity index (χ0v) is 11.9. The first-order chi connectivity index (χ1) is 9.63. The van der Waals surface area contributed by atoms with Gasteiger partial charge in [0.1, 0.15) is 5.75 Å². The highest BCUT2D eigenvalue weighted by Gasteiger charge is 2.07. The van der Waals surface area contributed by atoms with Crippen LogP contribution in [0.3, 0.4) is 0 Å². The summed E-state index contributed by atoms with van der Waals surface area (Å²) in [7, 11) is 0. The minimum Gasteiger partial charge on any atom is -0.481 e. The summed E-state index contributed by atoms with van der Waals surface area (Å²) in [5.41, 5.74) is 1.03. The van der Waals surface area contributed by atoms with Gasteiger partial charge in [-0.2, -0.15) is 0 Å². The number of rotatable bonds is 9. The topological polar surface area (TPSA) is 63.6 Å². The molecule has 4 heteroatoms. The number of aliphatic carboxylic acids is 1. The quantitative estimate of drug-likeness (QED) is 0.426. The molecule has 0 amide bonds. The Morgan fingerprint density at radius 2 is 1.70 bits per heavy atom. The van der Waals surface area contributed by atoms with E-state index in [0.717, 1.165) is 31.2 Å². The smallest absolute Gasteiger partial charge is 0.311 e. The molecule has 0 radical (unpaired) electrons. The Hall–Kier alpha value is -1.84. The third-order valence-corrected chi connectivity index (χ3v) is 3.10. The standard InChI is InChI=1S/C16H22O4/c1-2-13-9-7-8-10-14(13)20-16(19)12-6-4-3-5-11-15(17)18/h7-10H,2-6,11-12H2,1H3,(H,17,18). The van der Waals surface area contributed by atoms with E-state index in [0.29, 0.717) is 18.6 Å². The van der Waals surface area contributed by atoms with E-state index >= 15 is 0 Å². The Labute approximate surface area is 119 Å². The number of carbonyl (C=O) groups is 2. The highest BCUT2D eigenvalue weighted by atomic mass is 16.5. The molecule has 0 aliphatic carbocycles. The van der Waals surface area contributed by atoms with Crippen LogP contribution < -0.4 is 4.74 Å². The number of carbonyl (C=O) groups excluding carboxylic acids is 1. The Balaban J connectivity index is 2.22. The van der Waals surface area contributed by atoms with Gasteiger partial charge in [0.25, 0.3) is 0 Å². The van der Waals surface area contributed by atoms with Crippen LogP contribution in [-0.4, -0.2) is 17.0 Å². The van der Waals surface area contributed by atoms with E-state index in [1.54, 1.807) is 0 Å². The predicted molar refractivity (Wildman–Crippen MR) is 76.8 cm³/mol. The lowest BCUT2D eigenvalue weighted by atomic mass is 10.1. The summed E-state index contributed by atoms with van der Waals surface area (Å²) in [6.45, 7) is 2.02. The van der Waals surface area contributed by atoms with Crippen LogP contribution in [0.25, 0.3) is 0 Å². The number of unbranched alkanes of at least 4 members (excludes halogenated alkanes) is 3. The first-order valence-corrected chi connectivity index (χ1v) is 7.14. The maximum Gasteiger partial charge on any atom is 0.311 e. The van der Waals surface area contributed by atoms with Crippen LogP contribution >= 0.6 is 0 Å². The van der Waals surface area contributed by atoms with Crippen LogP contribution in [0, 0.1) is 0 Å². The van der Waals surface area contributed by atoms with Crippen molar-refractivity contribution in [1.82, 2.24) is 0 Å². The number of hydrogen-bond donors (Lipinski definition) is 1. The number of carboxylic acid groups (broad SMARTS) is 1. The third kappa shape index (κ3) is 6.36. The molecule has 4 nitrogen and oxygen atoms in total. The van der Waals surface area contributed by atoms with Gasteiger partial charge in [0.2, 0.25) is 0 Å². The van der Waals surface area contributed by atoms with Gasteiger partial charge < -0.3 is 9.84 Å². The minimum absolute atomic E-state index is 0.203. The van der Waals surface area contributed by atoms with Crippen molar-refractivity contribution < 1.29 is 19.4 Å². The Kier molecular flexibility index (Phi) is 7.40. The zero-order valence-electron chi connectivity index (χ0n) is 11.9. The lowest BCUT2D eigenvalue weighted by Crippen LogP contribution is -2.08. The highest BCUT2D eigenvalue weighted by Crippen LogP contribution is 2.19. The van der Waals surface area contributed by atoms with Crippen LogP contribution in [0.2, 0.25) is 0 Å². The van der Waals surface area contributed by atoms with Gasteiger partial charge in [-0.3, -0.25) is 9.59 Å². The Bertz CT molecular complexity index is 440. The fourth-order valence-electron chi connectivity index (χ4n) is 1.97. The van der Waals surface area contributed by atoms with Crippen molar-refractivity contribution >= 4 is 11.9 Å². The van der Waals surface area contributed by atoms with Gasteiger partial charge in [-0.15, -0.1) is 0 Å². The summed E-state index contributed by atoms with van der Waals surface area (Å²) >= 11 is 0. The van der Waals surface area contributed by atoms with E-state index in [4.69, 9.17) is 9.84 Å². The van der Waals surface area contributed by atoms with Gasteiger partial charge in [-0.05, 0) is 30.9 Å². The molecular weight excluding hydrogens is 256 g/mol. The first-order valence-electron chi connectivity index (χ1n) is 7.14. The molecular formula is C16H22O4. The fourth-order valence-corrected chi connectivity index (χ4v) is 1.97. The second-order valence-corrected chi connectivity index (χ2v) is 4.74. The normalized spacial score (nSPS) is 10.2. The van der Waals surface area contributed by atoms with Crippen molar-refractivity contribution in [1.29, 1.82) is 0 Å². The molecule has 1 N–H and O–H groups in total. The zero-order chi connectivity index (χ0) is 14.8. The molecule has 0 spiro atoms. The minimum atomic E-state index is -0.763. The van der Waals surface area contributed by atoms with Crippen LogP contribution in [0.1, 0.15) is 51.0 Å². The molecule has 0 aliphatic rings. The third-order valence-electron chi connectivity index (χ3n) is 3.10. The van der Waals surface area contributed by atoms with Gasteiger partial charge >= 0.3 is 11.9 Å². The molecule has 110 valence electrons. The van der Waals surface area contributed by atoms with Crippen LogP contribution in [-0.2, 0) is 16.0 Å². The second kappa shape index (κ2) is 9.13. The molecule has 0 saturated carbocycles. The molecule has 0 heterocycles. The van der Waals surface area contributed by atoms with Gasteiger partial charge in [-0.25, -0.2) is 0 Å². The van der Waals surface area contributed by atoms with E-state index in [9.17, 15) is 9.59 Å². The summed E-state index contributed by atoms with van der Waals surface area (Å²) < 4.78 is 5.35. The predicted octanol–water partition coefficient (Wildman–Crippen LogP) is 3.58. The van der Waals surface area contributed by atoms with Crippen molar-refractivity contribution in [3.8, 4) is 5.75 Å². The van der Waals surface area contributed by atoms with Gasteiger partial charge in [0, 0.05) is 12.8 Å². The van der Waals surface area contributed by atoms with Crippen molar-refractivity contribution in [2.75, 3.05) is 0 Å². The summed E-state index contributed by atoms with van der Waals surface area (Å²) in [5.74, 6) is -0.337. The van der Waals surface area contributed by atoms with Crippen LogP contribution in [0.15, 0.2) is 24.3 Å². The second-order valence-electron chi connectivity index (χ2n) is 4.74. The van der Waals surface area contributed by atoms with E-state index in [1.807, 2.05) is 31.2 Å². The number of hydrogen-bond acceptors (Lipinski definition) is 3. The SMILES string of the molecule is CCc1ccccc1OC(=O)CCCCCCC(=O)O. The Morgan fingerprint density at radius 3 is 2.35 bits per heavy atom. The highest BCUT2D eigenvalue weighted by molar-refractivity contribution is 5.72. The molecule has 0 fully saturated rings. The number of carboxylic acids is 1. The monoisotopic (exact) mass is 278 g/mol. The van der Waals surface area contributed by atoms with Crippen molar-refractivity contribution in [3.05, 3.63) is 29.8 Å². The van der Waals surface area contributed by atoms with Crippen molar-refractivity contribution in [3.63, 3.8) is 0 Å². The van der Waals surface area contributed by atoms with Gasteiger partial charge in [0.05, 0.1) is 0 Å². The number of esters is 1. The molecule has 0 unspecified atom stereocenters. The molecule has 0 bridgehead atoms. The average Bonchev–Trinajstić information content (AvgIpc) is 2.43. The molecule has 0 aromatic heterocycles. The number of para-hydroxylation sites is 1. The average molecular weight is 278 g/mol. The summed E-state index contributed by atoms with van der Waals surface area (Å²) in [4.78, 5) is 22.0. The summed E-state index contributed by atoms with van der Waals surface area (Å²) in [6, 6.07) is 7.55. The summed E-state index contributed by atoms with van der Waals surface area (Å²) in [6.07, 6.45) is 4.52. The van der Waals surface area contributed by atoms with Crippen molar-refractivity contribution in [2.24, 2.45) is 0 Å². The lowest BCUT2D eigenvalue weighted by Gasteiger charge is -2.08. The van der Waals surface area contributed by atoms with E-state index < -0.39 is 5.97 Å². The van der Waals surface area contributed by atoms with E-state index in [2.05, 4.69) is 0 Å². The molecule has 1 rings (SSSR count). The first kappa shape index (κ1) is 16.2. The number of aryl methyl sites for hydroxylation is 1. The lowest BCUT2D eigenvalue weighted by molar-refractivity contribution is -0.137. The fraction of sp³-hybridized carbons (Fsp3) is 0.500. The van der Waals surface area contributed by atoms with E-state index in [1.165, 1.54) is 0 Å². The molecule has 0 atom stereocenters. The molecule has 1 aromatic carbocycles. The van der Waals surface area contributed by atoms with Crippen molar-refractivity contribution in [2.45, 2.75) is 51.9 Å². The molecule has 0 saturated heterocycles. The van der Waals surface area contributed by atoms with Crippen LogP contribution in [0.5, 0.6) is 5.75 Å². The largest absolute Gasteiger partial charge is 0.481 e. The number of benzene rings is 1. The van der Waals surface area contributed by atoms with Gasteiger partial charge in [0.15, 0.2) is 0 Å². The molecule has 20 heavy (non-hydrogen) atoms. The number of ether oxygens (including phenoxy) is 1. The van der Waals surface area contributed by atoms with E-state index in [-0.39, 0.29) is 12.4 Å². The Morgan fingerprint density at radius 1 is 1.05 bits per heavy atom. The molecule has 0 aliphatic heterocycles. The van der Waals surface area contributed by atoms with Crippen LogP contribution in [0.4, 0.5) is 0 Å². The maximum absolute atomic E-state index is 11.7. The summed E-state index contributed by atoms with van der Waals surface area (Å²) in [5, 5.41) is 8.50.